The summed E-state index contributed by atoms with van der Waals surface area (Å²) in [5.41, 5.74) is 4.94. The summed E-state index contributed by atoms with van der Waals surface area (Å²) in [4.78, 5) is 29.5. The fraction of sp³-hybridized carbons (Fsp3) is 0.269. The van der Waals surface area contributed by atoms with Gasteiger partial charge >= 0.3 is 0 Å². The molecule has 8 nitrogen and oxygen atoms in total. The summed E-state index contributed by atoms with van der Waals surface area (Å²) in [7, 11) is 0. The number of carbonyl (C=O) groups is 2. The van der Waals surface area contributed by atoms with Crippen molar-refractivity contribution in [1.29, 1.82) is 0 Å². The predicted molar refractivity (Wildman–Crippen MR) is 136 cm³/mol. The molecular weight excluding hydrogens is 464 g/mol. The summed E-state index contributed by atoms with van der Waals surface area (Å²) in [6.45, 7) is 7.38. The minimum atomic E-state index is -0.504. The molecule has 0 bridgehead atoms. The fourth-order valence-corrected chi connectivity index (χ4v) is 4.76. The van der Waals surface area contributed by atoms with E-state index in [4.69, 9.17) is 21.4 Å². The number of nitrogens with one attached hydrogen (secondary N) is 1. The lowest BCUT2D eigenvalue weighted by atomic mass is 10.1. The van der Waals surface area contributed by atoms with Gasteiger partial charge in [0.1, 0.15) is 11.3 Å². The maximum Gasteiger partial charge on any atom is 0.266 e. The van der Waals surface area contributed by atoms with Crippen LogP contribution < -0.4 is 10.2 Å². The van der Waals surface area contributed by atoms with Gasteiger partial charge in [0.2, 0.25) is 0 Å². The van der Waals surface area contributed by atoms with Gasteiger partial charge < -0.3 is 18.6 Å². The number of nitrogens with zero attached hydrogens (tertiary/aromatic N) is 3. The molecule has 2 aromatic heterocycles. The number of carbonyl (C=O) groups excluding carboxylic acids is 2. The van der Waals surface area contributed by atoms with Crippen molar-refractivity contribution >= 4 is 40.9 Å². The lowest BCUT2D eigenvalue weighted by Crippen LogP contribution is -2.53. The molecule has 0 atom stereocenters. The van der Waals surface area contributed by atoms with E-state index < -0.39 is 11.8 Å². The third-order valence-corrected chi connectivity index (χ3v) is 6.66. The van der Waals surface area contributed by atoms with E-state index >= 15 is 0 Å². The van der Waals surface area contributed by atoms with E-state index in [9.17, 15) is 9.59 Å². The highest BCUT2D eigenvalue weighted by atomic mass is 32.1. The Morgan fingerprint density at radius 2 is 1.77 bits per heavy atom. The molecular formula is C26H26N4O4S. The van der Waals surface area contributed by atoms with Crippen molar-refractivity contribution in [2.45, 2.75) is 20.4 Å². The first-order chi connectivity index (χ1) is 16.9. The van der Waals surface area contributed by atoms with Crippen molar-refractivity contribution in [3.05, 3.63) is 77.0 Å². The van der Waals surface area contributed by atoms with Gasteiger partial charge in [-0.3, -0.25) is 19.8 Å². The summed E-state index contributed by atoms with van der Waals surface area (Å²) in [5.74, 6) is -0.375. The monoisotopic (exact) mass is 490 g/mol. The molecule has 5 rings (SSSR count). The molecule has 0 unspecified atom stereocenters. The first-order valence-electron chi connectivity index (χ1n) is 11.5. The van der Waals surface area contributed by atoms with Gasteiger partial charge in [-0.2, -0.15) is 0 Å². The highest BCUT2D eigenvalue weighted by molar-refractivity contribution is 7.80. The first kappa shape index (κ1) is 23.1. The van der Waals surface area contributed by atoms with E-state index in [1.54, 1.807) is 18.2 Å². The molecule has 4 heterocycles. The van der Waals surface area contributed by atoms with E-state index in [1.165, 1.54) is 16.9 Å². The number of benzene rings is 1. The highest BCUT2D eigenvalue weighted by Crippen LogP contribution is 2.26. The van der Waals surface area contributed by atoms with E-state index in [-0.39, 0.29) is 17.2 Å². The SMILES string of the molecule is Cc1cc(/C=C2\C(=O)NC(=S)N(Cc3ccco3)C2=O)c(C)n1-c1ccc(N2CCOCC2)cc1. The number of furan rings is 1. The van der Waals surface area contributed by atoms with Crippen molar-refractivity contribution < 1.29 is 18.7 Å². The number of aromatic nitrogens is 1. The zero-order valence-corrected chi connectivity index (χ0v) is 20.4. The molecule has 0 radical (unpaired) electrons. The minimum absolute atomic E-state index is 0.0353. The van der Waals surface area contributed by atoms with Gasteiger partial charge in [-0.05, 0) is 80.2 Å². The van der Waals surface area contributed by atoms with Crippen LogP contribution in [0.25, 0.3) is 11.8 Å². The average molecular weight is 491 g/mol. The van der Waals surface area contributed by atoms with Crippen LogP contribution in [0.1, 0.15) is 22.7 Å². The molecule has 2 fully saturated rings. The zero-order chi connectivity index (χ0) is 24.5. The molecule has 2 aliphatic rings. The molecule has 9 heteroatoms. The second-order valence-electron chi connectivity index (χ2n) is 8.57. The first-order valence-corrected chi connectivity index (χ1v) is 11.9. The number of hydrogen-bond donors (Lipinski definition) is 1. The van der Waals surface area contributed by atoms with Crippen LogP contribution in [0.2, 0.25) is 0 Å². The Bertz CT molecular complexity index is 1300. The van der Waals surface area contributed by atoms with Crippen LogP contribution in [-0.2, 0) is 20.9 Å². The molecule has 35 heavy (non-hydrogen) atoms. The van der Waals surface area contributed by atoms with Crippen LogP contribution in [0.4, 0.5) is 5.69 Å². The number of amides is 2. The van der Waals surface area contributed by atoms with E-state index in [1.807, 2.05) is 19.9 Å². The maximum absolute atomic E-state index is 13.2. The van der Waals surface area contributed by atoms with E-state index in [0.717, 1.165) is 48.9 Å². The molecule has 0 saturated carbocycles. The van der Waals surface area contributed by atoms with Crippen LogP contribution in [0.15, 0.2) is 58.7 Å². The minimum Gasteiger partial charge on any atom is -0.467 e. The highest BCUT2D eigenvalue weighted by Gasteiger charge is 2.34. The van der Waals surface area contributed by atoms with Crippen molar-refractivity contribution in [2.75, 3.05) is 31.2 Å². The van der Waals surface area contributed by atoms with Gasteiger partial charge in [0.15, 0.2) is 5.11 Å². The molecule has 1 aromatic carbocycles. The number of hydrogen-bond acceptors (Lipinski definition) is 6. The Morgan fingerprint density at radius 3 is 2.46 bits per heavy atom. The number of rotatable bonds is 5. The number of aryl methyl sites for hydroxylation is 1. The Morgan fingerprint density at radius 1 is 1.06 bits per heavy atom. The zero-order valence-electron chi connectivity index (χ0n) is 19.6. The number of morpholine rings is 1. The van der Waals surface area contributed by atoms with Crippen LogP contribution in [0.3, 0.4) is 0 Å². The van der Waals surface area contributed by atoms with Gasteiger partial charge in [0.25, 0.3) is 11.8 Å². The van der Waals surface area contributed by atoms with Gasteiger partial charge in [-0.25, -0.2) is 0 Å². The second-order valence-corrected chi connectivity index (χ2v) is 8.95. The third kappa shape index (κ3) is 4.52. The van der Waals surface area contributed by atoms with Gasteiger partial charge in [-0.1, -0.05) is 0 Å². The molecule has 1 N–H and O–H groups in total. The summed E-state index contributed by atoms with van der Waals surface area (Å²) < 4.78 is 12.9. The van der Waals surface area contributed by atoms with Crippen molar-refractivity contribution in [2.24, 2.45) is 0 Å². The lowest BCUT2D eigenvalue weighted by molar-refractivity contribution is -0.129. The van der Waals surface area contributed by atoms with Crippen LogP contribution in [-0.4, -0.2) is 52.7 Å². The largest absolute Gasteiger partial charge is 0.467 e. The maximum atomic E-state index is 13.2. The number of anilines is 1. The Labute approximate surface area is 208 Å². The Hall–Kier alpha value is -3.69. The predicted octanol–water partition coefficient (Wildman–Crippen LogP) is 3.35. The van der Waals surface area contributed by atoms with E-state index in [0.29, 0.717) is 5.76 Å². The Balaban J connectivity index is 1.43. The topological polar surface area (TPSA) is 80.0 Å². The normalized spacial score (nSPS) is 17.9. The van der Waals surface area contributed by atoms with Crippen molar-refractivity contribution in [3.8, 4) is 5.69 Å². The fourth-order valence-electron chi connectivity index (χ4n) is 4.52. The van der Waals surface area contributed by atoms with E-state index in [2.05, 4.69) is 39.0 Å². The second kappa shape index (κ2) is 9.52. The van der Waals surface area contributed by atoms with Gasteiger partial charge in [-0.15, -0.1) is 0 Å². The average Bonchev–Trinajstić information content (AvgIpc) is 3.47. The smallest absolute Gasteiger partial charge is 0.266 e. The number of ether oxygens (including phenoxy) is 1. The van der Waals surface area contributed by atoms with Gasteiger partial charge in [0, 0.05) is 35.9 Å². The molecule has 180 valence electrons. The van der Waals surface area contributed by atoms with Crippen molar-refractivity contribution in [1.82, 2.24) is 14.8 Å². The lowest BCUT2D eigenvalue weighted by Gasteiger charge is -2.29. The third-order valence-electron chi connectivity index (χ3n) is 6.33. The summed E-state index contributed by atoms with van der Waals surface area (Å²) >= 11 is 5.23. The molecule has 2 saturated heterocycles. The quantitative estimate of drug-likeness (QED) is 0.336. The number of thiocarbonyl (C=S) groups is 1. The standard InChI is InChI=1S/C26H26N4O4S/c1-17-14-19(15-23-24(31)27-26(35)29(25(23)32)16-22-4-3-11-34-22)18(2)30(17)21-7-5-20(6-8-21)28-9-12-33-13-10-28/h3-8,11,14-15H,9-10,12-13,16H2,1-2H3,(H,27,31,35)/b23-15+. The summed E-state index contributed by atoms with van der Waals surface area (Å²) in [5, 5.41) is 2.69. The van der Waals surface area contributed by atoms with Crippen LogP contribution in [0, 0.1) is 13.8 Å². The van der Waals surface area contributed by atoms with Crippen molar-refractivity contribution in [3.63, 3.8) is 0 Å². The molecule has 0 aliphatic carbocycles. The molecule has 2 amide bonds. The van der Waals surface area contributed by atoms with Crippen LogP contribution in [0.5, 0.6) is 0 Å². The summed E-state index contributed by atoms with van der Waals surface area (Å²) in [6, 6.07) is 13.9. The summed E-state index contributed by atoms with van der Waals surface area (Å²) in [6.07, 6.45) is 3.17. The van der Waals surface area contributed by atoms with Gasteiger partial charge in [0.05, 0.1) is 26.0 Å². The van der Waals surface area contributed by atoms with Crippen LogP contribution >= 0.6 is 12.2 Å². The molecule has 0 spiro atoms. The molecule has 2 aliphatic heterocycles. The Kier molecular flexibility index (Phi) is 6.27. The molecule has 3 aromatic rings.